The summed E-state index contributed by atoms with van der Waals surface area (Å²) in [5.74, 6) is 1.85. The molecule has 0 saturated heterocycles. The molecule has 9 aromatic carbocycles. The quantitative estimate of drug-likeness (QED) is 0.178. The summed E-state index contributed by atoms with van der Waals surface area (Å²) in [6.45, 7) is 0. The van der Waals surface area contributed by atoms with Crippen LogP contribution in [0.2, 0.25) is 0 Å². The predicted octanol–water partition coefficient (Wildman–Crippen LogP) is 14.3. The van der Waals surface area contributed by atoms with Gasteiger partial charge in [0.25, 0.3) is 0 Å². The summed E-state index contributed by atoms with van der Waals surface area (Å²) >= 11 is 0. The molecule has 0 radical (unpaired) electrons. The van der Waals surface area contributed by atoms with Crippen LogP contribution in [-0.2, 0) is 6.42 Å². The first-order valence-electron chi connectivity index (χ1n) is 21.0. The van der Waals surface area contributed by atoms with E-state index in [-0.39, 0.29) is 5.92 Å². The molecule has 1 unspecified atom stereocenters. The molecule has 5 heteroatoms. The van der Waals surface area contributed by atoms with Gasteiger partial charge in [0, 0.05) is 38.6 Å². The number of hydrogen-bond acceptors (Lipinski definition) is 4. The molecule has 3 heterocycles. The van der Waals surface area contributed by atoms with Crippen molar-refractivity contribution in [1.29, 1.82) is 0 Å². The van der Waals surface area contributed by atoms with Crippen molar-refractivity contribution in [1.82, 2.24) is 19.5 Å². The molecule has 5 nitrogen and oxygen atoms in total. The van der Waals surface area contributed by atoms with Gasteiger partial charge < -0.3 is 4.42 Å². The SMILES string of the molecule is c1ccc2c(c1)-c1cc3ccccc3cc1CCC2c1cc2oc3ccccc3c2cc1-c1nc(-c2cccc3ccccc23)nc(-n2c3ccccc3c3ccccc32)n1. The molecular weight excluding hydrogens is 745 g/mol. The zero-order chi connectivity index (χ0) is 40.0. The van der Waals surface area contributed by atoms with Gasteiger partial charge in [-0.25, -0.2) is 4.98 Å². The van der Waals surface area contributed by atoms with E-state index in [1.54, 1.807) is 0 Å². The van der Waals surface area contributed by atoms with Gasteiger partial charge in [0.2, 0.25) is 5.95 Å². The lowest BCUT2D eigenvalue weighted by molar-refractivity contribution is 0.665. The van der Waals surface area contributed by atoms with Crippen molar-refractivity contribution in [2.45, 2.75) is 18.8 Å². The third kappa shape index (κ3) is 5.30. The molecule has 0 saturated carbocycles. The molecule has 0 fully saturated rings. The third-order valence-corrected chi connectivity index (χ3v) is 12.9. The predicted molar refractivity (Wildman–Crippen MR) is 249 cm³/mol. The van der Waals surface area contributed by atoms with Gasteiger partial charge >= 0.3 is 0 Å². The van der Waals surface area contributed by atoms with Crippen LogP contribution in [0.3, 0.4) is 0 Å². The summed E-state index contributed by atoms with van der Waals surface area (Å²) in [7, 11) is 0. The minimum atomic E-state index is 0.0220. The number of aryl methyl sites for hydroxylation is 1. The number of nitrogens with zero attached hydrogens (tertiary/aromatic N) is 4. The maximum absolute atomic E-state index is 6.67. The second-order valence-electron chi connectivity index (χ2n) is 16.2. The fourth-order valence-corrected chi connectivity index (χ4v) is 10.1. The van der Waals surface area contributed by atoms with Crippen LogP contribution in [0.1, 0.15) is 29.0 Å². The fourth-order valence-electron chi connectivity index (χ4n) is 10.1. The van der Waals surface area contributed by atoms with Gasteiger partial charge in [-0.3, -0.25) is 4.57 Å². The highest BCUT2D eigenvalue weighted by molar-refractivity contribution is 6.09. The first-order valence-corrected chi connectivity index (χ1v) is 21.0. The molecule has 0 bridgehead atoms. The number of benzene rings is 9. The Kier molecular flexibility index (Phi) is 7.43. The van der Waals surface area contributed by atoms with E-state index in [1.165, 1.54) is 33.0 Å². The molecule has 0 N–H and O–H groups in total. The van der Waals surface area contributed by atoms with Gasteiger partial charge in [-0.2, -0.15) is 9.97 Å². The third-order valence-electron chi connectivity index (χ3n) is 12.9. The highest BCUT2D eigenvalue weighted by atomic mass is 16.3. The minimum absolute atomic E-state index is 0.0220. The molecule has 286 valence electrons. The zero-order valence-electron chi connectivity index (χ0n) is 33.1. The van der Waals surface area contributed by atoms with E-state index < -0.39 is 0 Å². The van der Waals surface area contributed by atoms with E-state index in [1.807, 2.05) is 6.07 Å². The summed E-state index contributed by atoms with van der Waals surface area (Å²) in [5.41, 5.74) is 12.1. The highest BCUT2D eigenvalue weighted by Gasteiger charge is 2.29. The zero-order valence-corrected chi connectivity index (χ0v) is 33.1. The molecule has 0 spiro atoms. The molecule has 61 heavy (non-hydrogen) atoms. The standard InChI is InChI=1S/C56H36N4O/c1-2-16-36-31-46-37(30-35(36)15-1)28-29-41(39-19-5-6-20-40(39)46)47-33-53-48(44-23-9-12-27-52(44)61-53)32-49(47)55-57-54(45-24-13-17-34-14-3-4-18-38(34)45)58-56(59-55)60-50-25-10-7-21-42(50)43-22-8-11-26-51(43)60/h1-27,30-33,41H,28-29H2. The second-order valence-corrected chi connectivity index (χ2v) is 16.2. The molecule has 0 amide bonds. The molecule has 1 aliphatic carbocycles. The van der Waals surface area contributed by atoms with Crippen LogP contribution in [0.15, 0.2) is 192 Å². The first-order chi connectivity index (χ1) is 30.2. The molecular formula is C56H36N4O. The Balaban J connectivity index is 1.12. The smallest absolute Gasteiger partial charge is 0.238 e. The van der Waals surface area contributed by atoms with Crippen LogP contribution >= 0.6 is 0 Å². The monoisotopic (exact) mass is 780 g/mol. The first kappa shape index (κ1) is 34.0. The van der Waals surface area contributed by atoms with Crippen LogP contribution in [0.5, 0.6) is 0 Å². The maximum Gasteiger partial charge on any atom is 0.238 e. The average Bonchev–Trinajstić information content (AvgIpc) is 3.81. The lowest BCUT2D eigenvalue weighted by atomic mass is 9.82. The molecule has 12 aromatic rings. The summed E-state index contributed by atoms with van der Waals surface area (Å²) < 4.78 is 8.88. The van der Waals surface area contributed by atoms with E-state index >= 15 is 0 Å². The van der Waals surface area contributed by atoms with Gasteiger partial charge in [0.1, 0.15) is 11.2 Å². The van der Waals surface area contributed by atoms with Gasteiger partial charge in [0.15, 0.2) is 11.6 Å². The van der Waals surface area contributed by atoms with Crippen molar-refractivity contribution in [3.05, 3.63) is 205 Å². The van der Waals surface area contributed by atoms with Gasteiger partial charge in [-0.15, -0.1) is 0 Å². The van der Waals surface area contributed by atoms with Crippen LogP contribution in [-0.4, -0.2) is 19.5 Å². The van der Waals surface area contributed by atoms with E-state index in [9.17, 15) is 0 Å². The van der Waals surface area contributed by atoms with E-state index in [2.05, 4.69) is 187 Å². The Morgan fingerprint density at radius 1 is 0.410 bits per heavy atom. The minimum Gasteiger partial charge on any atom is -0.456 e. The van der Waals surface area contributed by atoms with Crippen LogP contribution in [0.25, 0.3) is 105 Å². The second kappa shape index (κ2) is 13.3. The van der Waals surface area contributed by atoms with E-state index in [0.29, 0.717) is 17.6 Å². The average molecular weight is 781 g/mol. The Bertz CT molecular complexity index is 3690. The lowest BCUT2D eigenvalue weighted by Gasteiger charge is -2.22. The van der Waals surface area contributed by atoms with Gasteiger partial charge in [-0.1, -0.05) is 152 Å². The number of fused-ring (bicyclic) bond motifs is 11. The van der Waals surface area contributed by atoms with Gasteiger partial charge in [0.05, 0.1) is 11.0 Å². The topological polar surface area (TPSA) is 56.7 Å². The van der Waals surface area contributed by atoms with Crippen molar-refractivity contribution in [3.8, 4) is 39.9 Å². The van der Waals surface area contributed by atoms with Crippen molar-refractivity contribution >= 4 is 65.3 Å². The molecule has 0 aliphatic heterocycles. The van der Waals surface area contributed by atoms with Gasteiger partial charge in [-0.05, 0) is 98.6 Å². The fraction of sp³-hybridized carbons (Fsp3) is 0.0536. The lowest BCUT2D eigenvalue weighted by Crippen LogP contribution is -2.09. The number of aromatic nitrogens is 4. The maximum atomic E-state index is 6.67. The summed E-state index contributed by atoms with van der Waals surface area (Å²) in [6.07, 6.45) is 1.82. The Morgan fingerprint density at radius 2 is 1.02 bits per heavy atom. The van der Waals surface area contributed by atoms with Crippen molar-refractivity contribution in [2.75, 3.05) is 0 Å². The van der Waals surface area contributed by atoms with Crippen LogP contribution in [0.4, 0.5) is 0 Å². The number of hydrogen-bond donors (Lipinski definition) is 0. The van der Waals surface area contributed by atoms with E-state index in [4.69, 9.17) is 19.4 Å². The van der Waals surface area contributed by atoms with Crippen molar-refractivity contribution in [3.63, 3.8) is 0 Å². The highest BCUT2D eigenvalue weighted by Crippen LogP contribution is 2.47. The van der Waals surface area contributed by atoms with E-state index in [0.717, 1.165) is 84.0 Å². The van der Waals surface area contributed by atoms with Crippen molar-refractivity contribution < 1.29 is 4.42 Å². The molecule has 3 aromatic heterocycles. The largest absolute Gasteiger partial charge is 0.456 e. The normalized spacial score (nSPS) is 13.9. The summed E-state index contributed by atoms with van der Waals surface area (Å²) in [6, 6.07) is 67.2. The van der Waals surface area contributed by atoms with Crippen LogP contribution < -0.4 is 0 Å². The van der Waals surface area contributed by atoms with Crippen molar-refractivity contribution in [2.24, 2.45) is 0 Å². The van der Waals surface area contributed by atoms with Crippen LogP contribution in [0, 0.1) is 0 Å². The molecule has 13 rings (SSSR count). The summed E-state index contributed by atoms with van der Waals surface area (Å²) in [4.78, 5) is 16.4. The number of para-hydroxylation sites is 3. The Hall–Kier alpha value is -7.89. The molecule has 1 aliphatic rings. The Morgan fingerprint density at radius 3 is 1.82 bits per heavy atom. The summed E-state index contributed by atoms with van der Waals surface area (Å²) in [5, 5.41) is 9.16. The Labute approximate surface area is 351 Å². The number of furan rings is 1. The number of rotatable bonds is 4. The molecule has 1 atom stereocenters.